The Hall–Kier alpha value is -3.02. The Balaban J connectivity index is 2.16. The number of hydrogen-bond acceptors (Lipinski definition) is 4. The Bertz CT molecular complexity index is 822. The van der Waals surface area contributed by atoms with Crippen LogP contribution in [-0.4, -0.2) is 43.0 Å². The van der Waals surface area contributed by atoms with Crippen LogP contribution in [-0.2, 0) is 16.1 Å². The van der Waals surface area contributed by atoms with Crippen LogP contribution < -0.4 is 14.8 Å². The highest BCUT2D eigenvalue weighted by atomic mass is 16.5. The molecule has 0 spiro atoms. The summed E-state index contributed by atoms with van der Waals surface area (Å²) in [5.41, 5.74) is 2.06. The maximum Gasteiger partial charge on any atom is 0.261 e. The Kier molecular flexibility index (Phi) is 8.52. The zero-order chi connectivity index (χ0) is 21.2. The average molecular weight is 399 g/mol. The van der Waals surface area contributed by atoms with Gasteiger partial charge in [-0.1, -0.05) is 48.9 Å². The van der Waals surface area contributed by atoms with Crippen LogP contribution in [0.4, 0.5) is 0 Å². The van der Waals surface area contributed by atoms with Gasteiger partial charge in [0.2, 0.25) is 5.91 Å². The molecule has 0 saturated heterocycles. The fraction of sp³-hybridized carbons (Fsp3) is 0.391. The van der Waals surface area contributed by atoms with Crippen molar-refractivity contribution in [1.29, 1.82) is 0 Å². The number of amides is 2. The molecule has 0 aliphatic carbocycles. The van der Waals surface area contributed by atoms with Gasteiger partial charge in [0.25, 0.3) is 5.91 Å². The molecule has 0 radical (unpaired) electrons. The lowest BCUT2D eigenvalue weighted by atomic mass is 10.1. The van der Waals surface area contributed by atoms with Crippen LogP contribution in [0, 0.1) is 6.92 Å². The van der Waals surface area contributed by atoms with E-state index in [4.69, 9.17) is 9.47 Å². The number of rotatable bonds is 10. The van der Waals surface area contributed by atoms with Gasteiger partial charge in [-0.2, -0.15) is 0 Å². The fourth-order valence-corrected chi connectivity index (χ4v) is 2.95. The van der Waals surface area contributed by atoms with Crippen molar-refractivity contribution >= 4 is 11.8 Å². The quantitative estimate of drug-likeness (QED) is 0.667. The van der Waals surface area contributed by atoms with E-state index in [0.29, 0.717) is 24.6 Å². The van der Waals surface area contributed by atoms with Crippen molar-refractivity contribution in [3.63, 3.8) is 0 Å². The van der Waals surface area contributed by atoms with Crippen LogP contribution in [0.3, 0.4) is 0 Å². The van der Waals surface area contributed by atoms with E-state index in [1.54, 1.807) is 31.1 Å². The minimum absolute atomic E-state index is 0.176. The van der Waals surface area contributed by atoms with E-state index in [0.717, 1.165) is 17.5 Å². The molecule has 0 heterocycles. The number of methoxy groups -OCH3 is 1. The third-order valence-electron chi connectivity index (χ3n) is 4.57. The fourth-order valence-electron chi connectivity index (χ4n) is 2.95. The second-order valence-corrected chi connectivity index (χ2v) is 6.92. The number of carbonyl (C=O) groups is 2. The number of nitrogens with zero attached hydrogens (tertiary/aromatic N) is 1. The van der Waals surface area contributed by atoms with Gasteiger partial charge < -0.3 is 19.7 Å². The summed E-state index contributed by atoms with van der Waals surface area (Å²) in [5, 5.41) is 2.86. The van der Waals surface area contributed by atoms with Gasteiger partial charge in [0.1, 0.15) is 6.04 Å². The van der Waals surface area contributed by atoms with Crippen molar-refractivity contribution in [2.45, 2.75) is 39.8 Å². The van der Waals surface area contributed by atoms with E-state index in [2.05, 4.69) is 5.32 Å². The van der Waals surface area contributed by atoms with Crippen LogP contribution in [0.2, 0.25) is 0 Å². The minimum atomic E-state index is -0.615. The molecule has 6 heteroatoms. The highest BCUT2D eigenvalue weighted by molar-refractivity contribution is 5.88. The van der Waals surface area contributed by atoms with Gasteiger partial charge in [-0.15, -0.1) is 0 Å². The zero-order valence-electron chi connectivity index (χ0n) is 17.6. The van der Waals surface area contributed by atoms with Crippen molar-refractivity contribution in [3.8, 4) is 11.5 Å². The monoisotopic (exact) mass is 398 g/mol. The summed E-state index contributed by atoms with van der Waals surface area (Å²) in [6, 6.07) is 14.4. The van der Waals surface area contributed by atoms with E-state index in [1.807, 2.05) is 50.2 Å². The second kappa shape index (κ2) is 11.1. The molecule has 6 nitrogen and oxygen atoms in total. The van der Waals surface area contributed by atoms with Crippen LogP contribution in [0.5, 0.6) is 11.5 Å². The van der Waals surface area contributed by atoms with Crippen molar-refractivity contribution in [2.75, 3.05) is 20.3 Å². The van der Waals surface area contributed by atoms with Gasteiger partial charge >= 0.3 is 0 Å². The Morgan fingerprint density at radius 2 is 1.83 bits per heavy atom. The molecule has 0 saturated carbocycles. The minimum Gasteiger partial charge on any atom is -0.493 e. The van der Waals surface area contributed by atoms with E-state index in [-0.39, 0.29) is 18.4 Å². The molecular formula is C23H30N2O4. The van der Waals surface area contributed by atoms with Crippen molar-refractivity contribution < 1.29 is 19.1 Å². The number of aryl methyl sites for hydroxylation is 1. The summed E-state index contributed by atoms with van der Waals surface area (Å²) < 4.78 is 11.0. The smallest absolute Gasteiger partial charge is 0.261 e. The highest BCUT2D eigenvalue weighted by Gasteiger charge is 2.26. The first-order valence-corrected chi connectivity index (χ1v) is 9.84. The molecule has 1 N–H and O–H groups in total. The van der Waals surface area contributed by atoms with Crippen molar-refractivity contribution in [1.82, 2.24) is 10.2 Å². The molecule has 2 aromatic rings. The molecule has 156 valence electrons. The zero-order valence-corrected chi connectivity index (χ0v) is 17.6. The Morgan fingerprint density at radius 1 is 1.10 bits per heavy atom. The second-order valence-electron chi connectivity index (χ2n) is 6.92. The van der Waals surface area contributed by atoms with Gasteiger partial charge in [-0.3, -0.25) is 9.59 Å². The van der Waals surface area contributed by atoms with Crippen LogP contribution in [0.1, 0.15) is 31.4 Å². The molecule has 0 bridgehead atoms. The van der Waals surface area contributed by atoms with E-state index in [1.165, 1.54) is 0 Å². The van der Waals surface area contributed by atoms with Gasteiger partial charge in [-0.25, -0.2) is 0 Å². The number of benzene rings is 2. The molecule has 2 rings (SSSR count). The highest BCUT2D eigenvalue weighted by Crippen LogP contribution is 2.25. The maximum atomic E-state index is 13.0. The first-order chi connectivity index (χ1) is 14.0. The van der Waals surface area contributed by atoms with Gasteiger partial charge in [0, 0.05) is 13.1 Å². The molecule has 0 aromatic heterocycles. The summed E-state index contributed by atoms with van der Waals surface area (Å²) in [6.45, 7) is 6.45. The predicted molar refractivity (Wildman–Crippen MR) is 113 cm³/mol. The summed E-state index contributed by atoms with van der Waals surface area (Å²) >= 11 is 0. The standard InChI is InChI=1S/C23H30N2O4/c1-5-13-24-23(27)18(3)25(15-19-10-8-9-17(2)14-19)22(26)16-29-21-12-7-6-11-20(21)28-4/h6-12,14,18H,5,13,15-16H2,1-4H3,(H,24,27). The van der Waals surface area contributed by atoms with Crippen molar-refractivity contribution in [2.24, 2.45) is 0 Å². The lowest BCUT2D eigenvalue weighted by Gasteiger charge is -2.29. The van der Waals surface area contributed by atoms with E-state index < -0.39 is 6.04 Å². The van der Waals surface area contributed by atoms with Crippen LogP contribution in [0.15, 0.2) is 48.5 Å². The summed E-state index contributed by atoms with van der Waals surface area (Å²) in [7, 11) is 1.55. The topological polar surface area (TPSA) is 67.9 Å². The number of carbonyl (C=O) groups excluding carboxylic acids is 2. The molecule has 1 atom stereocenters. The third kappa shape index (κ3) is 6.52. The summed E-state index contributed by atoms with van der Waals surface area (Å²) in [4.78, 5) is 27.1. The first kappa shape index (κ1) is 22.3. The summed E-state index contributed by atoms with van der Waals surface area (Å²) in [6.07, 6.45) is 0.835. The molecule has 0 aliphatic heterocycles. The lowest BCUT2D eigenvalue weighted by molar-refractivity contribution is -0.142. The Morgan fingerprint density at radius 3 is 2.48 bits per heavy atom. The molecule has 0 aliphatic rings. The summed E-state index contributed by atoms with van der Waals surface area (Å²) in [5.74, 6) is 0.600. The molecule has 2 amide bonds. The van der Waals surface area contributed by atoms with E-state index >= 15 is 0 Å². The largest absolute Gasteiger partial charge is 0.493 e. The molecule has 29 heavy (non-hydrogen) atoms. The number of nitrogens with one attached hydrogen (secondary N) is 1. The number of ether oxygens (including phenoxy) is 2. The third-order valence-corrected chi connectivity index (χ3v) is 4.57. The normalized spacial score (nSPS) is 11.4. The number of hydrogen-bond donors (Lipinski definition) is 1. The molecule has 0 fully saturated rings. The molecular weight excluding hydrogens is 368 g/mol. The van der Waals surface area contributed by atoms with Crippen LogP contribution >= 0.6 is 0 Å². The average Bonchev–Trinajstić information content (AvgIpc) is 2.73. The van der Waals surface area contributed by atoms with E-state index in [9.17, 15) is 9.59 Å². The van der Waals surface area contributed by atoms with Gasteiger partial charge in [0.15, 0.2) is 18.1 Å². The lowest BCUT2D eigenvalue weighted by Crippen LogP contribution is -2.49. The predicted octanol–water partition coefficient (Wildman–Crippen LogP) is 3.33. The van der Waals surface area contributed by atoms with Crippen molar-refractivity contribution in [3.05, 3.63) is 59.7 Å². The van der Waals surface area contributed by atoms with Crippen LogP contribution in [0.25, 0.3) is 0 Å². The molecule has 1 unspecified atom stereocenters. The Labute approximate surface area is 172 Å². The molecule has 2 aromatic carbocycles. The van der Waals surface area contributed by atoms with Gasteiger partial charge in [-0.05, 0) is 38.0 Å². The SMILES string of the molecule is CCCNC(=O)C(C)N(Cc1cccc(C)c1)C(=O)COc1ccccc1OC. The number of para-hydroxylation sites is 2. The maximum absolute atomic E-state index is 13.0. The first-order valence-electron chi connectivity index (χ1n) is 9.84. The van der Waals surface area contributed by atoms with Gasteiger partial charge in [0.05, 0.1) is 7.11 Å².